The minimum Gasteiger partial charge on any atom is -0.309 e. The molecular weight excluding hydrogens is 192 g/mol. The third kappa shape index (κ3) is 4.03. The van der Waals surface area contributed by atoms with Crippen molar-refractivity contribution in [2.45, 2.75) is 20.8 Å². The molecule has 5 heteroatoms. The van der Waals surface area contributed by atoms with Gasteiger partial charge in [0, 0.05) is 11.4 Å². The maximum absolute atomic E-state index is 11.3. The lowest BCUT2D eigenvalue weighted by Crippen LogP contribution is -2.28. The molecule has 0 spiro atoms. The van der Waals surface area contributed by atoms with Crippen molar-refractivity contribution in [1.82, 2.24) is 15.3 Å². The van der Waals surface area contributed by atoms with Crippen molar-refractivity contribution in [3.8, 4) is 0 Å². The number of likely N-dealkylation sites (N-methyl/N-ethyl adjacent to an activating group) is 1. The zero-order valence-corrected chi connectivity index (χ0v) is 9.29. The van der Waals surface area contributed by atoms with Gasteiger partial charge < -0.3 is 5.32 Å². The van der Waals surface area contributed by atoms with E-state index in [1.165, 1.54) is 0 Å². The predicted octanol–water partition coefficient (Wildman–Crippen LogP) is 0.641. The van der Waals surface area contributed by atoms with Gasteiger partial charge in [-0.2, -0.15) is 0 Å². The van der Waals surface area contributed by atoms with E-state index in [1.54, 1.807) is 0 Å². The molecule has 0 aliphatic heterocycles. The van der Waals surface area contributed by atoms with Gasteiger partial charge in [-0.15, -0.1) is 0 Å². The van der Waals surface area contributed by atoms with E-state index < -0.39 is 0 Å². The molecule has 1 amide bonds. The fourth-order valence-corrected chi connectivity index (χ4v) is 1.19. The van der Waals surface area contributed by atoms with Gasteiger partial charge in [0.2, 0.25) is 11.9 Å². The summed E-state index contributed by atoms with van der Waals surface area (Å²) in [5, 5.41) is 5.56. The summed E-state index contributed by atoms with van der Waals surface area (Å²) in [6.07, 6.45) is 0. The first-order valence-corrected chi connectivity index (χ1v) is 4.94. The molecule has 0 aliphatic rings. The second kappa shape index (κ2) is 5.41. The van der Waals surface area contributed by atoms with Gasteiger partial charge in [0.05, 0.1) is 6.54 Å². The number of hydrogen-bond donors (Lipinski definition) is 2. The summed E-state index contributed by atoms with van der Waals surface area (Å²) in [5.41, 5.74) is 1.70. The van der Waals surface area contributed by atoms with Crippen molar-refractivity contribution in [3.63, 3.8) is 0 Å². The Bertz CT molecular complexity index is 331. The highest BCUT2D eigenvalue weighted by atomic mass is 16.2. The third-order valence-corrected chi connectivity index (χ3v) is 1.77. The topological polar surface area (TPSA) is 66.9 Å². The Kier molecular flexibility index (Phi) is 4.17. The minimum absolute atomic E-state index is 0.123. The number of nitrogens with zero attached hydrogens (tertiary/aromatic N) is 2. The van der Waals surface area contributed by atoms with Crippen LogP contribution in [-0.2, 0) is 4.79 Å². The Morgan fingerprint density at radius 1 is 1.33 bits per heavy atom. The highest BCUT2D eigenvalue weighted by molar-refractivity contribution is 5.90. The fraction of sp³-hybridized carbons (Fsp3) is 0.500. The number of aromatic nitrogens is 2. The van der Waals surface area contributed by atoms with Crippen LogP contribution in [0.25, 0.3) is 0 Å². The lowest BCUT2D eigenvalue weighted by Gasteiger charge is -2.05. The van der Waals surface area contributed by atoms with Crippen molar-refractivity contribution in [1.29, 1.82) is 0 Å². The average molecular weight is 208 g/mol. The van der Waals surface area contributed by atoms with E-state index in [1.807, 2.05) is 26.8 Å². The Hall–Kier alpha value is -1.49. The van der Waals surface area contributed by atoms with Crippen molar-refractivity contribution in [2.75, 3.05) is 18.4 Å². The molecule has 2 N–H and O–H groups in total. The monoisotopic (exact) mass is 208 g/mol. The normalized spacial score (nSPS) is 10.1. The maximum atomic E-state index is 11.3. The summed E-state index contributed by atoms with van der Waals surface area (Å²) in [6, 6.07) is 1.86. The third-order valence-electron chi connectivity index (χ3n) is 1.77. The van der Waals surface area contributed by atoms with Gasteiger partial charge in [-0.05, 0) is 26.5 Å². The van der Waals surface area contributed by atoms with Gasteiger partial charge in [-0.3, -0.25) is 10.1 Å². The van der Waals surface area contributed by atoms with Crippen molar-refractivity contribution >= 4 is 11.9 Å². The van der Waals surface area contributed by atoms with Crippen LogP contribution < -0.4 is 10.6 Å². The highest BCUT2D eigenvalue weighted by Crippen LogP contribution is 2.02. The van der Waals surface area contributed by atoms with E-state index in [0.717, 1.165) is 17.9 Å². The highest BCUT2D eigenvalue weighted by Gasteiger charge is 2.04. The number of nitrogens with one attached hydrogen (secondary N) is 2. The lowest BCUT2D eigenvalue weighted by atomic mass is 10.4. The molecule has 0 saturated heterocycles. The molecule has 0 aromatic carbocycles. The van der Waals surface area contributed by atoms with E-state index in [0.29, 0.717) is 5.95 Å². The summed E-state index contributed by atoms with van der Waals surface area (Å²) in [5.74, 6) is 0.247. The van der Waals surface area contributed by atoms with Gasteiger partial charge in [-0.1, -0.05) is 6.92 Å². The molecule has 0 aliphatic carbocycles. The Morgan fingerprint density at radius 3 is 2.47 bits per heavy atom. The van der Waals surface area contributed by atoms with Crippen LogP contribution in [0.5, 0.6) is 0 Å². The van der Waals surface area contributed by atoms with Gasteiger partial charge in [0.25, 0.3) is 0 Å². The van der Waals surface area contributed by atoms with E-state index in [9.17, 15) is 4.79 Å². The first-order chi connectivity index (χ1) is 7.11. The molecule has 5 nitrogen and oxygen atoms in total. The second-order valence-electron chi connectivity index (χ2n) is 3.30. The zero-order chi connectivity index (χ0) is 11.3. The summed E-state index contributed by atoms with van der Waals surface area (Å²) in [7, 11) is 0. The molecule has 0 saturated carbocycles. The van der Waals surface area contributed by atoms with Crippen LogP contribution in [-0.4, -0.2) is 29.0 Å². The summed E-state index contributed by atoms with van der Waals surface area (Å²) in [4.78, 5) is 19.6. The molecule has 0 radical (unpaired) electrons. The molecule has 1 aromatic rings. The molecule has 82 valence electrons. The number of rotatable bonds is 4. The Balaban J connectivity index is 2.60. The molecule has 0 fully saturated rings. The predicted molar refractivity (Wildman–Crippen MR) is 58.7 cm³/mol. The van der Waals surface area contributed by atoms with Crippen LogP contribution in [0, 0.1) is 13.8 Å². The molecule has 1 heterocycles. The van der Waals surface area contributed by atoms with Crippen LogP contribution >= 0.6 is 0 Å². The lowest BCUT2D eigenvalue weighted by molar-refractivity contribution is -0.115. The molecule has 0 bridgehead atoms. The van der Waals surface area contributed by atoms with Crippen LogP contribution in [0.2, 0.25) is 0 Å². The molecule has 0 atom stereocenters. The Morgan fingerprint density at radius 2 is 1.93 bits per heavy atom. The SMILES string of the molecule is CCNCC(=O)Nc1nc(C)cc(C)n1. The Labute approximate surface area is 89.3 Å². The van der Waals surface area contributed by atoms with Gasteiger partial charge in [0.1, 0.15) is 0 Å². The van der Waals surface area contributed by atoms with Crippen LogP contribution in [0.4, 0.5) is 5.95 Å². The van der Waals surface area contributed by atoms with Gasteiger partial charge in [-0.25, -0.2) is 9.97 Å². The van der Waals surface area contributed by atoms with Crippen LogP contribution in [0.15, 0.2) is 6.07 Å². The second-order valence-corrected chi connectivity index (χ2v) is 3.30. The zero-order valence-electron chi connectivity index (χ0n) is 9.29. The average Bonchev–Trinajstić information content (AvgIpc) is 2.13. The number of anilines is 1. The quantitative estimate of drug-likeness (QED) is 0.762. The number of hydrogen-bond acceptors (Lipinski definition) is 4. The molecule has 1 aromatic heterocycles. The van der Waals surface area contributed by atoms with Crippen molar-refractivity contribution in [3.05, 3.63) is 17.5 Å². The number of amides is 1. The van der Waals surface area contributed by atoms with Gasteiger partial charge in [0.15, 0.2) is 0 Å². The largest absolute Gasteiger partial charge is 0.309 e. The summed E-state index contributed by atoms with van der Waals surface area (Å²) < 4.78 is 0. The summed E-state index contributed by atoms with van der Waals surface area (Å²) in [6.45, 7) is 6.73. The van der Waals surface area contributed by atoms with Gasteiger partial charge >= 0.3 is 0 Å². The van der Waals surface area contributed by atoms with Crippen LogP contribution in [0.1, 0.15) is 18.3 Å². The first kappa shape index (κ1) is 11.6. The first-order valence-electron chi connectivity index (χ1n) is 4.94. The van der Waals surface area contributed by atoms with E-state index in [4.69, 9.17) is 0 Å². The molecule has 0 unspecified atom stereocenters. The van der Waals surface area contributed by atoms with Crippen molar-refractivity contribution < 1.29 is 4.79 Å². The molecular formula is C10H16N4O. The van der Waals surface area contributed by atoms with Crippen molar-refractivity contribution in [2.24, 2.45) is 0 Å². The molecule has 1 rings (SSSR count). The smallest absolute Gasteiger partial charge is 0.240 e. The maximum Gasteiger partial charge on any atom is 0.240 e. The number of carbonyl (C=O) groups excluding carboxylic acids is 1. The van der Waals surface area contributed by atoms with E-state index in [2.05, 4.69) is 20.6 Å². The minimum atomic E-state index is -0.123. The van der Waals surface area contributed by atoms with Crippen LogP contribution in [0.3, 0.4) is 0 Å². The fourth-order valence-electron chi connectivity index (χ4n) is 1.19. The van der Waals surface area contributed by atoms with E-state index in [-0.39, 0.29) is 12.5 Å². The number of carbonyl (C=O) groups is 1. The number of aryl methyl sites for hydroxylation is 2. The standard InChI is InChI=1S/C10H16N4O/c1-4-11-6-9(15)14-10-12-7(2)5-8(3)13-10/h5,11H,4,6H2,1-3H3,(H,12,13,14,15). The molecule has 15 heavy (non-hydrogen) atoms. The van der Waals surface area contributed by atoms with E-state index >= 15 is 0 Å². The summed E-state index contributed by atoms with van der Waals surface area (Å²) >= 11 is 0.